The normalized spacial score (nSPS) is 10.5. The van der Waals surface area contributed by atoms with Crippen LogP contribution in [0.3, 0.4) is 0 Å². The smallest absolute Gasteiger partial charge is 0.0288 e. The van der Waals surface area contributed by atoms with Gasteiger partial charge >= 0.3 is 0 Å². The Labute approximate surface area is 89.5 Å². The third-order valence-electron chi connectivity index (χ3n) is 2.47. The summed E-state index contributed by atoms with van der Waals surface area (Å²) in [6.07, 6.45) is 2.27. The van der Waals surface area contributed by atoms with Gasteiger partial charge in [-0.25, -0.2) is 0 Å². The minimum Gasteiger partial charge on any atom is -0.0876 e. The van der Waals surface area contributed by atoms with Crippen molar-refractivity contribution in [3.63, 3.8) is 0 Å². The molecular weight excluding hydrogens is 224 g/mol. The van der Waals surface area contributed by atoms with Crippen LogP contribution in [0.5, 0.6) is 0 Å². The van der Waals surface area contributed by atoms with Gasteiger partial charge in [-0.1, -0.05) is 47.5 Å². The fourth-order valence-corrected chi connectivity index (χ4v) is 2.49. The van der Waals surface area contributed by atoms with Crippen LogP contribution in [0.25, 0.3) is 0 Å². The van der Waals surface area contributed by atoms with E-state index in [0.29, 0.717) is 0 Å². The van der Waals surface area contributed by atoms with E-state index in [1.165, 1.54) is 22.3 Å². The SMILES string of the molecule is CCc1cc(C)cc(CC)c1CBr. The van der Waals surface area contributed by atoms with Gasteiger partial charge in [0.25, 0.3) is 0 Å². The van der Waals surface area contributed by atoms with Gasteiger partial charge < -0.3 is 0 Å². The number of halogens is 1. The Bertz CT molecular complexity index is 264. The van der Waals surface area contributed by atoms with E-state index in [-0.39, 0.29) is 0 Å². The molecule has 0 fully saturated rings. The van der Waals surface area contributed by atoms with Crippen LogP contribution >= 0.6 is 15.9 Å². The summed E-state index contributed by atoms with van der Waals surface area (Å²) in [6, 6.07) is 4.60. The number of hydrogen-bond donors (Lipinski definition) is 0. The molecule has 0 spiro atoms. The van der Waals surface area contributed by atoms with E-state index < -0.39 is 0 Å². The Morgan fingerprint density at radius 1 is 1.08 bits per heavy atom. The van der Waals surface area contributed by atoms with E-state index in [2.05, 4.69) is 48.8 Å². The Morgan fingerprint density at radius 2 is 1.54 bits per heavy atom. The van der Waals surface area contributed by atoms with Crippen LogP contribution in [0.1, 0.15) is 36.1 Å². The molecule has 0 nitrogen and oxygen atoms in total. The summed E-state index contributed by atoms with van der Waals surface area (Å²) < 4.78 is 0. The zero-order valence-electron chi connectivity index (χ0n) is 8.65. The molecule has 72 valence electrons. The summed E-state index contributed by atoms with van der Waals surface area (Å²) in [5, 5.41) is 0.986. The maximum Gasteiger partial charge on any atom is 0.0288 e. The topological polar surface area (TPSA) is 0 Å². The van der Waals surface area contributed by atoms with Crippen LogP contribution in [0.2, 0.25) is 0 Å². The highest BCUT2D eigenvalue weighted by Crippen LogP contribution is 2.21. The van der Waals surface area contributed by atoms with Gasteiger partial charge in [-0.05, 0) is 36.5 Å². The lowest BCUT2D eigenvalue weighted by Crippen LogP contribution is -1.97. The molecule has 0 aliphatic carbocycles. The van der Waals surface area contributed by atoms with Gasteiger partial charge in [-0.3, -0.25) is 0 Å². The first kappa shape index (κ1) is 10.8. The molecule has 0 unspecified atom stereocenters. The van der Waals surface area contributed by atoms with E-state index in [1.54, 1.807) is 0 Å². The molecule has 0 saturated carbocycles. The molecule has 0 aliphatic heterocycles. The lowest BCUT2D eigenvalue weighted by Gasteiger charge is -2.12. The number of aryl methyl sites for hydroxylation is 3. The van der Waals surface area contributed by atoms with E-state index in [0.717, 1.165) is 18.2 Å². The Balaban J connectivity index is 3.25. The zero-order chi connectivity index (χ0) is 9.84. The molecule has 0 radical (unpaired) electrons. The summed E-state index contributed by atoms with van der Waals surface area (Å²) in [6.45, 7) is 6.62. The zero-order valence-corrected chi connectivity index (χ0v) is 10.2. The first-order chi connectivity index (χ1) is 6.22. The second kappa shape index (κ2) is 4.80. The Hall–Kier alpha value is -0.300. The monoisotopic (exact) mass is 240 g/mol. The van der Waals surface area contributed by atoms with Crippen molar-refractivity contribution in [1.29, 1.82) is 0 Å². The summed E-state index contributed by atoms with van der Waals surface area (Å²) in [5.74, 6) is 0. The highest BCUT2D eigenvalue weighted by molar-refractivity contribution is 9.08. The number of rotatable bonds is 3. The second-order valence-electron chi connectivity index (χ2n) is 3.40. The molecule has 13 heavy (non-hydrogen) atoms. The molecule has 0 N–H and O–H groups in total. The molecule has 0 aliphatic rings. The van der Waals surface area contributed by atoms with Crippen molar-refractivity contribution in [2.45, 2.75) is 38.9 Å². The van der Waals surface area contributed by atoms with E-state index >= 15 is 0 Å². The van der Waals surface area contributed by atoms with Gasteiger partial charge in [0.2, 0.25) is 0 Å². The van der Waals surface area contributed by atoms with E-state index in [4.69, 9.17) is 0 Å². The molecular formula is C12H17Br. The first-order valence-electron chi connectivity index (χ1n) is 4.90. The number of alkyl halides is 1. The fraction of sp³-hybridized carbons (Fsp3) is 0.500. The average Bonchev–Trinajstić information content (AvgIpc) is 2.16. The third kappa shape index (κ3) is 2.34. The quantitative estimate of drug-likeness (QED) is 0.701. The summed E-state index contributed by atoms with van der Waals surface area (Å²) >= 11 is 3.57. The number of hydrogen-bond acceptors (Lipinski definition) is 0. The standard InChI is InChI=1S/C12H17Br/c1-4-10-6-9(3)7-11(5-2)12(10)8-13/h6-7H,4-5,8H2,1-3H3. The maximum atomic E-state index is 3.57. The Morgan fingerprint density at radius 3 is 1.85 bits per heavy atom. The minimum atomic E-state index is 0.986. The first-order valence-corrected chi connectivity index (χ1v) is 6.02. The van der Waals surface area contributed by atoms with Crippen molar-refractivity contribution in [2.75, 3.05) is 0 Å². The van der Waals surface area contributed by atoms with Gasteiger partial charge in [0.05, 0.1) is 0 Å². The van der Waals surface area contributed by atoms with Gasteiger partial charge in [-0.2, -0.15) is 0 Å². The van der Waals surface area contributed by atoms with Crippen LogP contribution < -0.4 is 0 Å². The molecule has 1 heteroatoms. The predicted octanol–water partition coefficient (Wildman–Crippen LogP) is 4.01. The van der Waals surface area contributed by atoms with Crippen molar-refractivity contribution in [2.24, 2.45) is 0 Å². The molecule has 1 aromatic rings. The molecule has 0 saturated heterocycles. The van der Waals surface area contributed by atoms with Gasteiger partial charge in [0, 0.05) is 5.33 Å². The largest absolute Gasteiger partial charge is 0.0876 e. The molecule has 0 amide bonds. The van der Waals surface area contributed by atoms with Crippen LogP contribution in [-0.4, -0.2) is 0 Å². The van der Waals surface area contributed by atoms with Crippen molar-refractivity contribution in [1.82, 2.24) is 0 Å². The average molecular weight is 241 g/mol. The second-order valence-corrected chi connectivity index (χ2v) is 3.96. The van der Waals surface area contributed by atoms with Gasteiger partial charge in [-0.15, -0.1) is 0 Å². The summed E-state index contributed by atoms with van der Waals surface area (Å²) in [7, 11) is 0. The summed E-state index contributed by atoms with van der Waals surface area (Å²) in [5.41, 5.74) is 5.87. The predicted molar refractivity (Wildman–Crippen MR) is 62.6 cm³/mol. The minimum absolute atomic E-state index is 0.986. The fourth-order valence-electron chi connectivity index (χ4n) is 1.77. The van der Waals surface area contributed by atoms with Crippen LogP contribution in [-0.2, 0) is 18.2 Å². The van der Waals surface area contributed by atoms with Crippen molar-refractivity contribution < 1.29 is 0 Å². The molecule has 0 heterocycles. The highest BCUT2D eigenvalue weighted by Gasteiger charge is 2.05. The van der Waals surface area contributed by atoms with E-state index in [1.807, 2.05) is 0 Å². The maximum absolute atomic E-state index is 3.57. The highest BCUT2D eigenvalue weighted by atomic mass is 79.9. The lowest BCUT2D eigenvalue weighted by molar-refractivity contribution is 1.03. The van der Waals surface area contributed by atoms with Gasteiger partial charge in [0.15, 0.2) is 0 Å². The van der Waals surface area contributed by atoms with Crippen LogP contribution in [0, 0.1) is 6.92 Å². The Kier molecular flexibility index (Phi) is 3.98. The summed E-state index contributed by atoms with van der Waals surface area (Å²) in [4.78, 5) is 0. The van der Waals surface area contributed by atoms with Crippen molar-refractivity contribution in [3.8, 4) is 0 Å². The van der Waals surface area contributed by atoms with Crippen LogP contribution in [0.4, 0.5) is 0 Å². The molecule has 1 aromatic carbocycles. The molecule has 0 bridgehead atoms. The van der Waals surface area contributed by atoms with Crippen LogP contribution in [0.15, 0.2) is 12.1 Å². The molecule has 0 atom stereocenters. The van der Waals surface area contributed by atoms with E-state index in [9.17, 15) is 0 Å². The third-order valence-corrected chi connectivity index (χ3v) is 3.04. The molecule has 1 rings (SSSR count). The molecule has 0 aromatic heterocycles. The van der Waals surface area contributed by atoms with Crippen molar-refractivity contribution >= 4 is 15.9 Å². The lowest BCUT2D eigenvalue weighted by atomic mass is 9.96. The van der Waals surface area contributed by atoms with Crippen molar-refractivity contribution in [3.05, 3.63) is 34.4 Å². The number of benzene rings is 1. The van der Waals surface area contributed by atoms with Gasteiger partial charge in [0.1, 0.15) is 0 Å².